The molecule has 0 atom stereocenters. The Morgan fingerprint density at radius 3 is 2.76 bits per heavy atom. The molecule has 0 spiro atoms. The summed E-state index contributed by atoms with van der Waals surface area (Å²) >= 11 is 15.7. The molecule has 0 saturated carbocycles. The van der Waals surface area contributed by atoms with Crippen molar-refractivity contribution in [3.63, 3.8) is 0 Å². The van der Waals surface area contributed by atoms with Crippen LogP contribution in [0.15, 0.2) is 53.1 Å². The molecule has 3 rings (SSSR count). The molecule has 2 aromatic carbocycles. The average Bonchev–Trinajstić information content (AvgIpc) is 2.47. The summed E-state index contributed by atoms with van der Waals surface area (Å²) in [5, 5.41) is 5.78. The van der Waals surface area contributed by atoms with Crippen molar-refractivity contribution in [2.24, 2.45) is 0 Å². The average molecular weight is 382 g/mol. The van der Waals surface area contributed by atoms with Gasteiger partial charge in [-0.2, -0.15) is 0 Å². The smallest absolute Gasteiger partial charge is 0.0934 e. The Labute approximate surface area is 141 Å². The number of nitrogens with one attached hydrogen (secondary N) is 1. The normalized spacial score (nSPS) is 10.8. The fourth-order valence-corrected chi connectivity index (χ4v) is 2.97. The van der Waals surface area contributed by atoms with E-state index in [2.05, 4.69) is 26.2 Å². The quantitative estimate of drug-likeness (QED) is 0.609. The third-order valence-corrected chi connectivity index (χ3v) is 4.37. The number of aromatic nitrogens is 1. The van der Waals surface area contributed by atoms with E-state index >= 15 is 0 Å². The molecule has 0 aliphatic heterocycles. The van der Waals surface area contributed by atoms with Gasteiger partial charge in [-0.25, -0.2) is 0 Å². The molecular weight excluding hydrogens is 371 g/mol. The molecule has 3 aromatic rings. The first-order chi connectivity index (χ1) is 10.1. The van der Waals surface area contributed by atoms with E-state index in [0.29, 0.717) is 16.6 Å². The third-order valence-electron chi connectivity index (χ3n) is 3.15. The SMILES string of the molecule is Clc1ccc(Br)c(CNc2cc(Cl)cc3cccnc23)c1. The van der Waals surface area contributed by atoms with E-state index in [1.54, 1.807) is 6.20 Å². The summed E-state index contributed by atoms with van der Waals surface area (Å²) in [5.74, 6) is 0. The number of hydrogen-bond acceptors (Lipinski definition) is 2. The number of halogens is 3. The lowest BCUT2D eigenvalue weighted by molar-refractivity contribution is 1.14. The van der Waals surface area contributed by atoms with Gasteiger partial charge in [0.1, 0.15) is 0 Å². The fourth-order valence-electron chi connectivity index (χ4n) is 2.16. The Morgan fingerprint density at radius 2 is 1.90 bits per heavy atom. The van der Waals surface area contributed by atoms with Crippen LogP contribution in [0, 0.1) is 0 Å². The number of anilines is 1. The maximum absolute atomic E-state index is 6.16. The van der Waals surface area contributed by atoms with Crippen LogP contribution in [0.25, 0.3) is 10.9 Å². The third kappa shape index (κ3) is 3.31. The number of benzene rings is 2. The molecule has 0 aliphatic rings. The van der Waals surface area contributed by atoms with Crippen molar-refractivity contribution in [3.05, 3.63) is 68.7 Å². The summed E-state index contributed by atoms with van der Waals surface area (Å²) < 4.78 is 1.01. The number of nitrogens with zero attached hydrogens (tertiary/aromatic N) is 1. The second kappa shape index (κ2) is 6.22. The Morgan fingerprint density at radius 1 is 1.05 bits per heavy atom. The molecule has 106 valence electrons. The predicted molar refractivity (Wildman–Crippen MR) is 93.2 cm³/mol. The van der Waals surface area contributed by atoms with Crippen molar-refractivity contribution in [2.45, 2.75) is 6.54 Å². The summed E-state index contributed by atoms with van der Waals surface area (Å²) in [6.07, 6.45) is 1.77. The molecule has 1 aromatic heterocycles. The van der Waals surface area contributed by atoms with Gasteiger partial charge in [0.15, 0.2) is 0 Å². The maximum Gasteiger partial charge on any atom is 0.0934 e. The van der Waals surface area contributed by atoms with E-state index < -0.39 is 0 Å². The van der Waals surface area contributed by atoms with E-state index in [4.69, 9.17) is 23.2 Å². The second-order valence-corrected chi connectivity index (χ2v) is 6.34. The molecule has 0 bridgehead atoms. The van der Waals surface area contributed by atoms with Gasteiger partial charge in [0, 0.05) is 32.6 Å². The van der Waals surface area contributed by atoms with Crippen LogP contribution in [0.5, 0.6) is 0 Å². The van der Waals surface area contributed by atoms with Crippen LogP contribution in [0.1, 0.15) is 5.56 Å². The summed E-state index contributed by atoms with van der Waals surface area (Å²) in [5.41, 5.74) is 2.89. The zero-order valence-corrected chi connectivity index (χ0v) is 14.0. The van der Waals surface area contributed by atoms with Crippen LogP contribution >= 0.6 is 39.1 Å². The van der Waals surface area contributed by atoms with E-state index in [1.807, 2.05) is 42.5 Å². The van der Waals surface area contributed by atoms with E-state index in [1.165, 1.54) is 0 Å². The van der Waals surface area contributed by atoms with Gasteiger partial charge in [-0.3, -0.25) is 4.98 Å². The molecule has 5 heteroatoms. The minimum absolute atomic E-state index is 0.632. The fraction of sp³-hybridized carbons (Fsp3) is 0.0625. The van der Waals surface area contributed by atoms with Gasteiger partial charge in [-0.1, -0.05) is 45.2 Å². The molecule has 21 heavy (non-hydrogen) atoms. The zero-order chi connectivity index (χ0) is 14.8. The monoisotopic (exact) mass is 380 g/mol. The van der Waals surface area contributed by atoms with Crippen molar-refractivity contribution in [2.75, 3.05) is 5.32 Å². The van der Waals surface area contributed by atoms with Crippen LogP contribution in [0.4, 0.5) is 5.69 Å². The summed E-state index contributed by atoms with van der Waals surface area (Å²) in [6.45, 7) is 0.632. The Hall–Kier alpha value is -1.29. The van der Waals surface area contributed by atoms with Crippen molar-refractivity contribution < 1.29 is 0 Å². The summed E-state index contributed by atoms with van der Waals surface area (Å²) in [6, 6.07) is 13.4. The van der Waals surface area contributed by atoms with Crippen LogP contribution < -0.4 is 5.32 Å². The molecule has 0 fully saturated rings. The number of hydrogen-bond donors (Lipinski definition) is 1. The van der Waals surface area contributed by atoms with Crippen molar-refractivity contribution in [3.8, 4) is 0 Å². The molecule has 2 nitrogen and oxygen atoms in total. The van der Waals surface area contributed by atoms with Crippen LogP contribution in [-0.4, -0.2) is 4.98 Å². The Bertz CT molecular complexity index is 805. The van der Waals surface area contributed by atoms with Crippen molar-refractivity contribution in [1.82, 2.24) is 4.98 Å². The highest BCUT2D eigenvalue weighted by molar-refractivity contribution is 9.10. The van der Waals surface area contributed by atoms with E-state index in [-0.39, 0.29) is 0 Å². The molecule has 0 radical (unpaired) electrons. The van der Waals surface area contributed by atoms with Gasteiger partial charge in [-0.15, -0.1) is 0 Å². The van der Waals surface area contributed by atoms with Crippen LogP contribution in [0.2, 0.25) is 10.0 Å². The minimum Gasteiger partial charge on any atom is -0.379 e. The van der Waals surface area contributed by atoms with Gasteiger partial charge in [0.05, 0.1) is 11.2 Å². The number of pyridine rings is 1. The zero-order valence-electron chi connectivity index (χ0n) is 10.9. The predicted octanol–water partition coefficient (Wildman–Crippen LogP) is 5.92. The van der Waals surface area contributed by atoms with Gasteiger partial charge in [-0.05, 0) is 42.0 Å². The largest absolute Gasteiger partial charge is 0.379 e. The summed E-state index contributed by atoms with van der Waals surface area (Å²) in [7, 11) is 0. The van der Waals surface area contributed by atoms with Crippen LogP contribution in [-0.2, 0) is 6.54 Å². The first kappa shape index (κ1) is 14.6. The minimum atomic E-state index is 0.632. The molecule has 0 aliphatic carbocycles. The molecule has 0 unspecified atom stereocenters. The number of fused-ring (bicyclic) bond motifs is 1. The lowest BCUT2D eigenvalue weighted by atomic mass is 10.1. The van der Waals surface area contributed by atoms with Gasteiger partial charge < -0.3 is 5.32 Å². The Kier molecular flexibility index (Phi) is 4.34. The standard InChI is InChI=1S/C16H11BrCl2N2/c17-14-4-3-12(18)7-11(14)9-21-15-8-13(19)6-10-2-1-5-20-16(10)15/h1-8,21H,9H2. The highest BCUT2D eigenvalue weighted by Crippen LogP contribution is 2.28. The molecular formula is C16H11BrCl2N2. The highest BCUT2D eigenvalue weighted by atomic mass is 79.9. The van der Waals surface area contributed by atoms with Crippen LogP contribution in [0.3, 0.4) is 0 Å². The van der Waals surface area contributed by atoms with Gasteiger partial charge in [0.2, 0.25) is 0 Å². The second-order valence-electron chi connectivity index (χ2n) is 4.62. The highest BCUT2D eigenvalue weighted by Gasteiger charge is 2.06. The Balaban J connectivity index is 1.93. The molecule has 1 heterocycles. The maximum atomic E-state index is 6.16. The number of rotatable bonds is 3. The summed E-state index contributed by atoms with van der Waals surface area (Å²) in [4.78, 5) is 4.42. The van der Waals surface area contributed by atoms with Crippen molar-refractivity contribution >= 4 is 55.7 Å². The molecule has 0 saturated heterocycles. The van der Waals surface area contributed by atoms with Gasteiger partial charge in [0.25, 0.3) is 0 Å². The van der Waals surface area contributed by atoms with E-state index in [0.717, 1.165) is 26.6 Å². The lowest BCUT2D eigenvalue weighted by Gasteiger charge is -2.11. The first-order valence-corrected chi connectivity index (χ1v) is 7.90. The topological polar surface area (TPSA) is 24.9 Å². The van der Waals surface area contributed by atoms with E-state index in [9.17, 15) is 0 Å². The molecule has 0 amide bonds. The van der Waals surface area contributed by atoms with Gasteiger partial charge >= 0.3 is 0 Å². The first-order valence-electron chi connectivity index (χ1n) is 6.35. The molecule has 1 N–H and O–H groups in total. The van der Waals surface area contributed by atoms with Crippen molar-refractivity contribution in [1.29, 1.82) is 0 Å². The lowest BCUT2D eigenvalue weighted by Crippen LogP contribution is -2.01.